The Morgan fingerprint density at radius 1 is 1.32 bits per heavy atom. The Morgan fingerprint density at radius 3 is 2.55 bits per heavy atom. The summed E-state index contributed by atoms with van der Waals surface area (Å²) in [5, 5.41) is 5.25. The van der Waals surface area contributed by atoms with Crippen LogP contribution < -0.4 is 10.6 Å². The van der Waals surface area contributed by atoms with Gasteiger partial charge in [0.15, 0.2) is 6.61 Å². The van der Waals surface area contributed by atoms with Crippen molar-refractivity contribution in [1.29, 1.82) is 0 Å². The van der Waals surface area contributed by atoms with E-state index in [2.05, 4.69) is 10.6 Å². The van der Waals surface area contributed by atoms with Gasteiger partial charge < -0.3 is 15.4 Å². The van der Waals surface area contributed by atoms with Gasteiger partial charge in [0.2, 0.25) is 0 Å². The first-order chi connectivity index (χ1) is 10.3. The number of carbonyl (C=O) groups excluding carboxylic acids is 4. The lowest BCUT2D eigenvalue weighted by Crippen LogP contribution is -2.44. The molecular formula is C14H21N3O5. The summed E-state index contributed by atoms with van der Waals surface area (Å²) in [7, 11) is 0. The van der Waals surface area contributed by atoms with E-state index < -0.39 is 36.6 Å². The van der Waals surface area contributed by atoms with Crippen LogP contribution in [0.2, 0.25) is 0 Å². The summed E-state index contributed by atoms with van der Waals surface area (Å²) >= 11 is 0. The highest BCUT2D eigenvalue weighted by Gasteiger charge is 2.52. The third-order valence-electron chi connectivity index (χ3n) is 3.80. The largest absolute Gasteiger partial charge is 0.454 e. The molecule has 2 N–H and O–H groups in total. The molecular weight excluding hydrogens is 290 g/mol. The minimum absolute atomic E-state index is 0.0561. The number of carbonyl (C=O) groups is 4. The maximum Gasteiger partial charge on any atom is 0.326 e. The Morgan fingerprint density at radius 2 is 1.95 bits per heavy atom. The number of nitrogens with zero attached hydrogens (tertiary/aromatic N) is 1. The van der Waals surface area contributed by atoms with Crippen LogP contribution in [0.4, 0.5) is 4.79 Å². The molecule has 2 rings (SSSR count). The predicted octanol–water partition coefficient (Wildman–Crippen LogP) is -0.0812. The Kier molecular flexibility index (Phi) is 4.68. The van der Waals surface area contributed by atoms with Crippen LogP contribution in [-0.4, -0.2) is 53.4 Å². The first-order valence-electron chi connectivity index (χ1n) is 7.43. The van der Waals surface area contributed by atoms with E-state index in [-0.39, 0.29) is 11.9 Å². The zero-order chi connectivity index (χ0) is 16.3. The monoisotopic (exact) mass is 311 g/mol. The van der Waals surface area contributed by atoms with Gasteiger partial charge >= 0.3 is 12.0 Å². The predicted molar refractivity (Wildman–Crippen MR) is 75.7 cm³/mol. The molecule has 1 spiro atoms. The summed E-state index contributed by atoms with van der Waals surface area (Å²) < 4.78 is 4.79. The second kappa shape index (κ2) is 6.33. The van der Waals surface area contributed by atoms with Gasteiger partial charge in [0.25, 0.3) is 11.8 Å². The number of imide groups is 1. The summed E-state index contributed by atoms with van der Waals surface area (Å²) in [5.41, 5.74) is -0.841. The van der Waals surface area contributed by atoms with Gasteiger partial charge in [-0.05, 0) is 26.7 Å². The fourth-order valence-corrected chi connectivity index (χ4v) is 2.82. The van der Waals surface area contributed by atoms with E-state index in [1.54, 1.807) is 13.8 Å². The second-order valence-electron chi connectivity index (χ2n) is 5.99. The molecule has 22 heavy (non-hydrogen) atoms. The van der Waals surface area contributed by atoms with Crippen molar-refractivity contribution in [2.24, 2.45) is 0 Å². The Hall–Kier alpha value is -2.12. The summed E-state index contributed by atoms with van der Waals surface area (Å²) in [6.07, 6.45) is 2.94. The van der Waals surface area contributed by atoms with Gasteiger partial charge in [-0.2, -0.15) is 0 Å². The Balaban J connectivity index is 1.85. The van der Waals surface area contributed by atoms with Crippen molar-refractivity contribution in [2.75, 3.05) is 13.2 Å². The van der Waals surface area contributed by atoms with Crippen molar-refractivity contribution in [1.82, 2.24) is 15.5 Å². The quantitative estimate of drug-likeness (QED) is 0.546. The number of esters is 1. The van der Waals surface area contributed by atoms with Gasteiger partial charge in [-0.15, -0.1) is 0 Å². The molecule has 0 radical (unpaired) electrons. The van der Waals surface area contributed by atoms with Crippen molar-refractivity contribution in [3.63, 3.8) is 0 Å². The normalized spacial score (nSPS) is 19.7. The molecule has 2 aliphatic rings. The molecule has 1 saturated carbocycles. The van der Waals surface area contributed by atoms with E-state index in [9.17, 15) is 19.2 Å². The maximum absolute atomic E-state index is 12.3. The van der Waals surface area contributed by atoms with Crippen LogP contribution in [0.1, 0.15) is 39.5 Å². The molecule has 0 atom stereocenters. The lowest BCUT2D eigenvalue weighted by Gasteiger charge is -2.19. The number of rotatable bonds is 5. The second-order valence-corrected chi connectivity index (χ2v) is 5.99. The summed E-state index contributed by atoms with van der Waals surface area (Å²) in [4.78, 5) is 48.1. The standard InChI is InChI=1S/C14H21N3O5/c1-9(2)15-10(18)8-22-11(19)7-17-12(20)14(16-13(17)21)5-3-4-6-14/h9H,3-8H2,1-2H3,(H,15,18)(H,16,21). The van der Waals surface area contributed by atoms with Crippen LogP contribution in [0, 0.1) is 0 Å². The molecule has 122 valence electrons. The first-order valence-corrected chi connectivity index (χ1v) is 7.43. The first kappa shape index (κ1) is 16.3. The molecule has 8 nitrogen and oxygen atoms in total. The van der Waals surface area contributed by atoms with E-state index in [1.165, 1.54) is 0 Å². The molecule has 4 amide bonds. The number of hydrogen-bond donors (Lipinski definition) is 2. The molecule has 0 aromatic heterocycles. The van der Waals surface area contributed by atoms with E-state index in [0.717, 1.165) is 17.7 Å². The summed E-state index contributed by atoms with van der Waals surface area (Å²) in [5.74, 6) is -1.58. The molecule has 1 aliphatic carbocycles. The molecule has 2 fully saturated rings. The molecule has 1 aliphatic heterocycles. The van der Waals surface area contributed by atoms with E-state index in [1.807, 2.05) is 0 Å². The minimum Gasteiger partial charge on any atom is -0.454 e. The molecule has 1 saturated heterocycles. The van der Waals surface area contributed by atoms with Crippen LogP contribution in [-0.2, 0) is 19.1 Å². The third kappa shape index (κ3) is 3.37. The van der Waals surface area contributed by atoms with Crippen LogP contribution in [0.15, 0.2) is 0 Å². The number of hydrogen-bond acceptors (Lipinski definition) is 5. The Bertz CT molecular complexity index is 497. The molecule has 0 aromatic carbocycles. The van der Waals surface area contributed by atoms with E-state index in [0.29, 0.717) is 12.8 Å². The average Bonchev–Trinajstić information content (AvgIpc) is 2.98. The number of nitrogens with one attached hydrogen (secondary N) is 2. The SMILES string of the molecule is CC(C)NC(=O)COC(=O)CN1C(=O)NC2(CCCC2)C1=O. The van der Waals surface area contributed by atoms with Crippen LogP contribution in [0.5, 0.6) is 0 Å². The van der Waals surface area contributed by atoms with Crippen molar-refractivity contribution >= 4 is 23.8 Å². The molecule has 8 heteroatoms. The van der Waals surface area contributed by atoms with Crippen molar-refractivity contribution in [3.8, 4) is 0 Å². The van der Waals surface area contributed by atoms with Gasteiger partial charge in [-0.25, -0.2) is 4.79 Å². The molecule has 0 aromatic rings. The number of ether oxygens (including phenoxy) is 1. The van der Waals surface area contributed by atoms with E-state index >= 15 is 0 Å². The lowest BCUT2D eigenvalue weighted by molar-refractivity contribution is -0.151. The minimum atomic E-state index is -0.841. The van der Waals surface area contributed by atoms with Gasteiger partial charge in [0.05, 0.1) is 0 Å². The van der Waals surface area contributed by atoms with Crippen molar-refractivity contribution in [3.05, 3.63) is 0 Å². The van der Waals surface area contributed by atoms with Crippen LogP contribution >= 0.6 is 0 Å². The molecule has 0 bridgehead atoms. The van der Waals surface area contributed by atoms with Gasteiger partial charge in [0.1, 0.15) is 12.1 Å². The lowest BCUT2D eigenvalue weighted by atomic mass is 9.98. The van der Waals surface area contributed by atoms with Gasteiger partial charge in [0, 0.05) is 6.04 Å². The maximum atomic E-state index is 12.3. The average molecular weight is 311 g/mol. The highest BCUT2D eigenvalue weighted by molar-refractivity contribution is 6.08. The smallest absolute Gasteiger partial charge is 0.326 e. The fraction of sp³-hybridized carbons (Fsp3) is 0.714. The summed E-state index contributed by atoms with van der Waals surface area (Å²) in [6, 6.07) is -0.630. The summed E-state index contributed by atoms with van der Waals surface area (Å²) in [6.45, 7) is 2.68. The van der Waals surface area contributed by atoms with E-state index in [4.69, 9.17) is 4.74 Å². The molecule has 1 heterocycles. The third-order valence-corrected chi connectivity index (χ3v) is 3.80. The zero-order valence-electron chi connectivity index (χ0n) is 12.8. The highest BCUT2D eigenvalue weighted by atomic mass is 16.5. The Labute approximate surface area is 128 Å². The number of urea groups is 1. The van der Waals surface area contributed by atoms with Crippen LogP contribution in [0.3, 0.4) is 0 Å². The number of amides is 4. The molecule has 0 unspecified atom stereocenters. The highest BCUT2D eigenvalue weighted by Crippen LogP contribution is 2.34. The van der Waals surface area contributed by atoms with Crippen molar-refractivity contribution < 1.29 is 23.9 Å². The van der Waals surface area contributed by atoms with Gasteiger partial charge in [-0.1, -0.05) is 12.8 Å². The fourth-order valence-electron chi connectivity index (χ4n) is 2.82. The van der Waals surface area contributed by atoms with Gasteiger partial charge in [-0.3, -0.25) is 19.3 Å². The topological polar surface area (TPSA) is 105 Å². The van der Waals surface area contributed by atoms with Crippen LogP contribution in [0.25, 0.3) is 0 Å². The van der Waals surface area contributed by atoms with Crippen molar-refractivity contribution in [2.45, 2.75) is 51.1 Å². The zero-order valence-corrected chi connectivity index (χ0v) is 12.8.